The zero-order chi connectivity index (χ0) is 7.71. The number of hydrogen-bond acceptors (Lipinski definition) is 0. The number of hydrogen-bond donors (Lipinski definition) is 0. The van der Waals surface area contributed by atoms with Crippen LogP contribution >= 0.6 is 31.9 Å². The van der Waals surface area contributed by atoms with Crippen molar-refractivity contribution in [3.8, 4) is 0 Å². The van der Waals surface area contributed by atoms with Gasteiger partial charge in [0.15, 0.2) is 0 Å². The van der Waals surface area contributed by atoms with Crippen LogP contribution in [0, 0.1) is 0 Å². The average molecular weight is 259 g/mol. The summed E-state index contributed by atoms with van der Waals surface area (Å²) in [6, 6.07) is 0. The first kappa shape index (κ1) is 9.92. The Labute approximate surface area is 73.1 Å². The van der Waals surface area contributed by atoms with E-state index >= 15 is 0 Å². The maximum absolute atomic E-state index is 11.3. The first-order valence-electron chi connectivity index (χ1n) is 2.76. The maximum Gasteiger partial charge on any atom is 0.114 e. The van der Waals surface area contributed by atoms with Crippen molar-refractivity contribution in [1.82, 2.24) is 0 Å². The summed E-state index contributed by atoms with van der Waals surface area (Å²) in [7, 11) is 0. The van der Waals surface area contributed by atoms with Crippen molar-refractivity contribution >= 4 is 31.9 Å². The minimum Gasteiger partial charge on any atom is -0.229 e. The van der Waals surface area contributed by atoms with Gasteiger partial charge in [0.25, 0.3) is 0 Å². The van der Waals surface area contributed by atoms with E-state index in [4.69, 9.17) is 0 Å². The molecule has 3 heteroatoms. The second-order valence-corrected chi connectivity index (χ2v) is 5.15. The molecule has 9 heavy (non-hydrogen) atoms. The van der Waals surface area contributed by atoms with Crippen LogP contribution in [0.5, 0.6) is 0 Å². The molecule has 0 rings (SSSR count). The van der Waals surface area contributed by atoms with Crippen molar-refractivity contribution in [2.45, 2.75) is 30.7 Å². The average Bonchev–Trinajstić information content (AvgIpc) is 1.64. The van der Waals surface area contributed by atoms with E-state index in [1.807, 2.05) is 6.92 Å². The predicted octanol–water partition coefficient (Wildman–Crippen LogP) is 2.74. The summed E-state index contributed by atoms with van der Waals surface area (Å²) in [5.74, 6) is 0. The van der Waals surface area contributed by atoms with Crippen LogP contribution in [-0.4, -0.2) is 15.3 Å². The zero-order valence-corrected chi connectivity index (χ0v) is 9.04. The molecule has 1 atom stereocenters. The van der Waals surface area contributed by atoms with Crippen LogP contribution in [-0.2, 0) is 5.11 Å². The highest BCUT2D eigenvalue weighted by atomic mass is 79.9. The molecule has 1 nitrogen and oxygen atoms in total. The van der Waals surface area contributed by atoms with Gasteiger partial charge in [-0.2, -0.15) is 0 Å². The lowest BCUT2D eigenvalue weighted by atomic mass is 9.95. The van der Waals surface area contributed by atoms with E-state index in [0.29, 0.717) is 5.33 Å². The Morgan fingerprint density at radius 3 is 1.67 bits per heavy atom. The molecule has 0 fully saturated rings. The molecule has 55 valence electrons. The molecule has 0 aliphatic heterocycles. The van der Waals surface area contributed by atoms with Crippen molar-refractivity contribution in [3.05, 3.63) is 0 Å². The summed E-state index contributed by atoms with van der Waals surface area (Å²) in [4.78, 5) is 0. The monoisotopic (exact) mass is 257 g/mol. The highest BCUT2D eigenvalue weighted by Gasteiger charge is 2.37. The van der Waals surface area contributed by atoms with Gasteiger partial charge < -0.3 is 0 Å². The maximum atomic E-state index is 11.3. The smallest absolute Gasteiger partial charge is 0.114 e. The summed E-state index contributed by atoms with van der Waals surface area (Å²) in [5, 5.41) is 12.0. The molecular formula is C6H11Br2O. The van der Waals surface area contributed by atoms with E-state index in [0.717, 1.165) is 0 Å². The first-order chi connectivity index (χ1) is 3.81. The van der Waals surface area contributed by atoms with Gasteiger partial charge in [0.05, 0.1) is 4.32 Å². The Bertz CT molecular complexity index is 93.7. The van der Waals surface area contributed by atoms with Crippen LogP contribution < -0.4 is 0 Å². The van der Waals surface area contributed by atoms with Gasteiger partial charge >= 0.3 is 0 Å². The molecule has 1 unspecified atom stereocenters. The topological polar surface area (TPSA) is 19.9 Å². The number of halogens is 2. The van der Waals surface area contributed by atoms with Gasteiger partial charge in [-0.1, -0.05) is 31.9 Å². The van der Waals surface area contributed by atoms with Gasteiger partial charge in [-0.25, -0.2) is 5.11 Å². The van der Waals surface area contributed by atoms with E-state index in [-0.39, 0.29) is 4.32 Å². The van der Waals surface area contributed by atoms with Crippen LogP contribution in [0.25, 0.3) is 0 Å². The van der Waals surface area contributed by atoms with Gasteiger partial charge in [0, 0.05) is 5.33 Å². The SMILES string of the molecule is CC(C)([O])C(C)(Br)CBr. The fourth-order valence-electron chi connectivity index (χ4n) is 0.161. The molecular weight excluding hydrogens is 248 g/mol. The molecule has 0 spiro atoms. The van der Waals surface area contributed by atoms with Crippen molar-refractivity contribution in [2.75, 3.05) is 5.33 Å². The van der Waals surface area contributed by atoms with Crippen molar-refractivity contribution < 1.29 is 5.11 Å². The Kier molecular flexibility index (Phi) is 3.18. The van der Waals surface area contributed by atoms with Crippen LogP contribution in [0.2, 0.25) is 0 Å². The summed E-state index contributed by atoms with van der Waals surface area (Å²) in [6.07, 6.45) is 0. The molecule has 0 amide bonds. The van der Waals surface area contributed by atoms with E-state index in [1.165, 1.54) is 0 Å². The van der Waals surface area contributed by atoms with Crippen LogP contribution in [0.1, 0.15) is 20.8 Å². The summed E-state index contributed by atoms with van der Waals surface area (Å²) in [6.45, 7) is 5.22. The van der Waals surface area contributed by atoms with Gasteiger partial charge in [0.2, 0.25) is 0 Å². The van der Waals surface area contributed by atoms with E-state index < -0.39 is 5.60 Å². The largest absolute Gasteiger partial charge is 0.229 e. The van der Waals surface area contributed by atoms with Crippen molar-refractivity contribution in [1.29, 1.82) is 0 Å². The fourth-order valence-corrected chi connectivity index (χ4v) is 0.836. The third-order valence-electron chi connectivity index (χ3n) is 1.51. The lowest BCUT2D eigenvalue weighted by molar-refractivity contribution is -0.0170. The van der Waals surface area contributed by atoms with Crippen LogP contribution in [0.3, 0.4) is 0 Å². The predicted molar refractivity (Wildman–Crippen MR) is 45.9 cm³/mol. The van der Waals surface area contributed by atoms with Gasteiger partial charge in [-0.3, -0.25) is 0 Å². The third-order valence-corrected chi connectivity index (χ3v) is 4.62. The van der Waals surface area contributed by atoms with Crippen molar-refractivity contribution in [3.63, 3.8) is 0 Å². The summed E-state index contributed by atoms with van der Waals surface area (Å²) < 4.78 is -0.347. The third kappa shape index (κ3) is 2.56. The summed E-state index contributed by atoms with van der Waals surface area (Å²) >= 11 is 6.60. The molecule has 0 N–H and O–H groups in total. The summed E-state index contributed by atoms with van der Waals surface area (Å²) in [5.41, 5.74) is -0.934. The van der Waals surface area contributed by atoms with E-state index in [9.17, 15) is 5.11 Å². The molecule has 0 aromatic heterocycles. The second-order valence-electron chi connectivity index (χ2n) is 2.84. The molecule has 0 aliphatic rings. The van der Waals surface area contributed by atoms with E-state index in [1.54, 1.807) is 13.8 Å². The normalized spacial score (nSPS) is 19.3. The minimum atomic E-state index is -0.934. The van der Waals surface area contributed by atoms with Crippen LogP contribution in [0.4, 0.5) is 0 Å². The molecule has 1 radical (unpaired) electrons. The Balaban J connectivity index is 4.14. The standard InChI is InChI=1S/C6H11Br2O/c1-5(2,9)6(3,8)4-7/h4H2,1-3H3. The minimum absolute atomic E-state index is 0.347. The lowest BCUT2D eigenvalue weighted by Crippen LogP contribution is -2.42. The molecule has 0 heterocycles. The molecule has 0 bridgehead atoms. The lowest BCUT2D eigenvalue weighted by Gasteiger charge is -2.30. The molecule has 0 aromatic rings. The zero-order valence-electron chi connectivity index (χ0n) is 5.87. The van der Waals surface area contributed by atoms with Crippen molar-refractivity contribution in [2.24, 2.45) is 0 Å². The molecule has 0 aromatic carbocycles. The van der Waals surface area contributed by atoms with E-state index in [2.05, 4.69) is 31.9 Å². The first-order valence-corrected chi connectivity index (χ1v) is 4.68. The Morgan fingerprint density at radius 1 is 1.33 bits per heavy atom. The Hall–Kier alpha value is 0.920. The van der Waals surface area contributed by atoms with Gasteiger partial charge in [-0.05, 0) is 20.8 Å². The van der Waals surface area contributed by atoms with Gasteiger partial charge in [0.1, 0.15) is 5.60 Å². The molecule has 0 saturated carbocycles. The fraction of sp³-hybridized carbons (Fsp3) is 1.00. The van der Waals surface area contributed by atoms with Crippen LogP contribution in [0.15, 0.2) is 0 Å². The highest BCUT2D eigenvalue weighted by Crippen LogP contribution is 2.32. The Morgan fingerprint density at radius 2 is 1.67 bits per heavy atom. The number of rotatable bonds is 2. The number of alkyl halides is 2. The highest BCUT2D eigenvalue weighted by molar-refractivity contribution is 9.12. The van der Waals surface area contributed by atoms with Gasteiger partial charge in [-0.15, -0.1) is 0 Å². The molecule has 0 saturated heterocycles. The second kappa shape index (κ2) is 2.89. The quantitative estimate of drug-likeness (QED) is 0.679. The molecule has 0 aliphatic carbocycles.